The molecule has 0 aromatic carbocycles. The van der Waals surface area contributed by atoms with E-state index in [0.29, 0.717) is 19.3 Å². The number of hydrogen-bond donors (Lipinski definition) is 0. The van der Waals surface area contributed by atoms with E-state index in [2.05, 4.69) is 69.4 Å². The number of carbonyl (C=O) groups is 3. The highest BCUT2D eigenvalue weighted by Gasteiger charge is 2.19. The van der Waals surface area contributed by atoms with Gasteiger partial charge in [-0.05, 0) is 89.9 Å². The quantitative estimate of drug-likeness (QED) is 0.0199. The van der Waals surface area contributed by atoms with Gasteiger partial charge in [-0.3, -0.25) is 14.4 Å². The number of esters is 3. The second-order valence-corrected chi connectivity index (χ2v) is 17.6. The van der Waals surface area contributed by atoms with E-state index in [1.165, 1.54) is 109 Å². The number of ether oxygens (including phenoxy) is 3. The Morgan fingerprint density at radius 2 is 0.606 bits per heavy atom. The predicted octanol–water partition coefficient (Wildman–Crippen LogP) is 17.9. The summed E-state index contributed by atoms with van der Waals surface area (Å²) in [5.41, 5.74) is 0. The van der Waals surface area contributed by atoms with E-state index in [4.69, 9.17) is 14.2 Å². The van der Waals surface area contributed by atoms with Crippen LogP contribution in [0.25, 0.3) is 0 Å². The summed E-state index contributed by atoms with van der Waals surface area (Å²) < 4.78 is 16.8. The molecule has 0 amide bonds. The first-order valence-corrected chi connectivity index (χ1v) is 27.0. The molecule has 0 aromatic heterocycles. The lowest BCUT2D eigenvalue weighted by atomic mass is 10.1. The van der Waals surface area contributed by atoms with E-state index in [1.54, 1.807) is 0 Å². The summed E-state index contributed by atoms with van der Waals surface area (Å²) in [5.74, 6) is -0.962. The van der Waals surface area contributed by atoms with Crippen LogP contribution in [0.15, 0.2) is 109 Å². The lowest BCUT2D eigenvalue weighted by Gasteiger charge is -2.18. The van der Waals surface area contributed by atoms with Crippen molar-refractivity contribution in [3.63, 3.8) is 0 Å². The van der Waals surface area contributed by atoms with Crippen molar-refractivity contribution in [3.8, 4) is 0 Å². The molecule has 0 saturated heterocycles. The summed E-state index contributed by atoms with van der Waals surface area (Å²) in [5, 5.41) is 0. The van der Waals surface area contributed by atoms with Gasteiger partial charge in [-0.1, -0.05) is 233 Å². The summed E-state index contributed by atoms with van der Waals surface area (Å²) in [6, 6.07) is 0. The largest absolute Gasteiger partial charge is 0.462 e. The average molecular weight is 915 g/mol. The predicted molar refractivity (Wildman–Crippen MR) is 283 cm³/mol. The van der Waals surface area contributed by atoms with Gasteiger partial charge in [0.05, 0.1) is 0 Å². The van der Waals surface area contributed by atoms with Crippen LogP contribution in [-0.2, 0) is 28.6 Å². The van der Waals surface area contributed by atoms with Crippen molar-refractivity contribution < 1.29 is 28.6 Å². The average Bonchev–Trinajstić information content (AvgIpc) is 3.31. The molecule has 0 spiro atoms. The SMILES string of the molecule is CC\C=C/C=C\C=C/C=C\C=C\C=C/CCCCCC(=O)OC(COC(=O)CCCCCCC/C=C\CCCCC)COC(=O)CCCCCCCCCCCC/C=C\C=C/CCCCC. The van der Waals surface area contributed by atoms with Crippen molar-refractivity contribution in [3.05, 3.63) is 109 Å². The van der Waals surface area contributed by atoms with Gasteiger partial charge in [-0.2, -0.15) is 0 Å². The van der Waals surface area contributed by atoms with Crippen LogP contribution < -0.4 is 0 Å². The molecular weight excluding hydrogens is 817 g/mol. The third-order valence-corrected chi connectivity index (χ3v) is 11.2. The molecule has 374 valence electrons. The summed E-state index contributed by atoms with van der Waals surface area (Å²) in [7, 11) is 0. The van der Waals surface area contributed by atoms with Gasteiger partial charge in [0.2, 0.25) is 0 Å². The van der Waals surface area contributed by atoms with Gasteiger partial charge >= 0.3 is 17.9 Å². The van der Waals surface area contributed by atoms with Gasteiger partial charge in [0.25, 0.3) is 0 Å². The molecule has 0 radical (unpaired) electrons. The Balaban J connectivity index is 4.47. The Morgan fingerprint density at radius 3 is 1.00 bits per heavy atom. The fraction of sp³-hybridized carbons (Fsp3) is 0.650. The zero-order chi connectivity index (χ0) is 47.9. The summed E-state index contributed by atoms with van der Waals surface area (Å²) >= 11 is 0. The van der Waals surface area contributed by atoms with Crippen LogP contribution in [0.2, 0.25) is 0 Å². The lowest BCUT2D eigenvalue weighted by Crippen LogP contribution is -2.30. The van der Waals surface area contributed by atoms with Gasteiger partial charge in [-0.25, -0.2) is 0 Å². The Kier molecular flexibility index (Phi) is 50.5. The van der Waals surface area contributed by atoms with Crippen molar-refractivity contribution in [1.82, 2.24) is 0 Å². The second-order valence-electron chi connectivity index (χ2n) is 17.6. The number of allylic oxidation sites excluding steroid dienone is 18. The maximum absolute atomic E-state index is 12.8. The minimum absolute atomic E-state index is 0.102. The van der Waals surface area contributed by atoms with Crippen LogP contribution in [0.3, 0.4) is 0 Å². The Hall–Kier alpha value is -3.93. The van der Waals surface area contributed by atoms with Gasteiger partial charge in [0, 0.05) is 19.3 Å². The molecular formula is C60H98O6. The van der Waals surface area contributed by atoms with Crippen molar-refractivity contribution in [2.75, 3.05) is 13.2 Å². The standard InChI is InChI=1S/C60H98O6/c1-4-7-10-13-16-19-22-25-27-29-30-32-33-35-38-41-44-47-50-53-59(62)65-56-57(55-64-58(61)52-49-46-43-40-37-24-21-18-15-12-9-6-3)66-60(63)54-51-48-45-42-39-36-34-31-28-26-23-20-17-14-11-8-5-2/h8,11,14,16-23,25-26,28,31,34,36,39,57H,4-7,9-10,12-13,15,24,27,29-30,32-33,35,37-38,40-56H2,1-3H3/b11-8-,17-14-,19-16-,21-18-,23-20-,25-22-,28-26-,34-31+,39-36-. The fourth-order valence-electron chi connectivity index (χ4n) is 7.11. The van der Waals surface area contributed by atoms with Gasteiger partial charge in [0.1, 0.15) is 13.2 Å². The van der Waals surface area contributed by atoms with Gasteiger partial charge in [-0.15, -0.1) is 0 Å². The molecule has 1 atom stereocenters. The van der Waals surface area contributed by atoms with E-state index in [1.807, 2.05) is 60.8 Å². The van der Waals surface area contributed by atoms with Crippen molar-refractivity contribution in [2.45, 2.75) is 239 Å². The molecule has 0 aliphatic carbocycles. The maximum atomic E-state index is 12.8. The first-order chi connectivity index (χ1) is 32.5. The van der Waals surface area contributed by atoms with E-state index in [-0.39, 0.29) is 37.5 Å². The molecule has 1 unspecified atom stereocenters. The molecule has 0 bridgehead atoms. The fourth-order valence-corrected chi connectivity index (χ4v) is 7.11. The number of rotatable bonds is 47. The number of unbranched alkanes of at least 4 members (excludes halogenated alkanes) is 24. The topological polar surface area (TPSA) is 78.9 Å². The van der Waals surface area contributed by atoms with Crippen molar-refractivity contribution in [2.24, 2.45) is 0 Å². The number of hydrogen-bond acceptors (Lipinski definition) is 6. The Bertz CT molecular complexity index is 1370. The molecule has 0 aromatic rings. The molecule has 0 N–H and O–H groups in total. The molecule has 6 nitrogen and oxygen atoms in total. The first-order valence-electron chi connectivity index (χ1n) is 27.0. The molecule has 0 heterocycles. The minimum atomic E-state index is -0.808. The molecule has 0 fully saturated rings. The zero-order valence-corrected chi connectivity index (χ0v) is 42.7. The third kappa shape index (κ3) is 51.1. The normalized spacial score (nSPS) is 13.0. The van der Waals surface area contributed by atoms with Gasteiger partial charge < -0.3 is 14.2 Å². The highest BCUT2D eigenvalue weighted by molar-refractivity contribution is 5.71. The second kappa shape index (κ2) is 53.7. The molecule has 0 rings (SSSR count). The third-order valence-electron chi connectivity index (χ3n) is 11.2. The molecule has 66 heavy (non-hydrogen) atoms. The van der Waals surface area contributed by atoms with E-state index >= 15 is 0 Å². The van der Waals surface area contributed by atoms with Crippen LogP contribution in [0.4, 0.5) is 0 Å². The van der Waals surface area contributed by atoms with Crippen LogP contribution in [0.5, 0.6) is 0 Å². The van der Waals surface area contributed by atoms with E-state index in [9.17, 15) is 14.4 Å². The molecule has 0 saturated carbocycles. The maximum Gasteiger partial charge on any atom is 0.306 e. The zero-order valence-electron chi connectivity index (χ0n) is 42.7. The van der Waals surface area contributed by atoms with Gasteiger partial charge in [0.15, 0.2) is 6.10 Å². The molecule has 0 aliphatic rings. The molecule has 6 heteroatoms. The van der Waals surface area contributed by atoms with Crippen LogP contribution in [-0.4, -0.2) is 37.2 Å². The monoisotopic (exact) mass is 915 g/mol. The highest BCUT2D eigenvalue weighted by atomic mass is 16.6. The summed E-state index contributed by atoms with van der Waals surface area (Å²) in [6.45, 7) is 6.39. The number of carbonyl (C=O) groups excluding carboxylic acids is 3. The first kappa shape index (κ1) is 62.1. The summed E-state index contributed by atoms with van der Waals surface area (Å²) in [6.07, 6.45) is 72.1. The lowest BCUT2D eigenvalue weighted by molar-refractivity contribution is -0.167. The van der Waals surface area contributed by atoms with Crippen LogP contribution >= 0.6 is 0 Å². The van der Waals surface area contributed by atoms with Crippen molar-refractivity contribution in [1.29, 1.82) is 0 Å². The summed E-state index contributed by atoms with van der Waals surface area (Å²) in [4.78, 5) is 38.0. The highest BCUT2D eigenvalue weighted by Crippen LogP contribution is 2.14. The Labute approximate surface area is 406 Å². The molecule has 0 aliphatic heterocycles. The van der Waals surface area contributed by atoms with Crippen LogP contribution in [0, 0.1) is 0 Å². The van der Waals surface area contributed by atoms with E-state index in [0.717, 1.165) is 77.0 Å². The van der Waals surface area contributed by atoms with Crippen LogP contribution in [0.1, 0.15) is 233 Å². The van der Waals surface area contributed by atoms with E-state index < -0.39 is 6.10 Å². The Morgan fingerprint density at radius 1 is 0.318 bits per heavy atom. The van der Waals surface area contributed by atoms with Crippen molar-refractivity contribution >= 4 is 17.9 Å². The minimum Gasteiger partial charge on any atom is -0.462 e. The smallest absolute Gasteiger partial charge is 0.306 e.